The molecule has 0 fully saturated rings. The SMILES string of the molecule is CCNC(CN(C)C)c1ccc(C)nc1. The molecule has 1 atom stereocenters. The smallest absolute Gasteiger partial charge is 0.0464 e. The van der Waals surface area contributed by atoms with Crippen LogP contribution in [0.1, 0.15) is 24.2 Å². The summed E-state index contributed by atoms with van der Waals surface area (Å²) < 4.78 is 0. The number of aryl methyl sites for hydroxylation is 1. The highest BCUT2D eigenvalue weighted by Crippen LogP contribution is 2.12. The predicted octanol–water partition coefficient (Wildman–Crippen LogP) is 1.60. The molecule has 1 N–H and O–H groups in total. The number of pyridine rings is 1. The number of nitrogens with one attached hydrogen (secondary N) is 1. The van der Waals surface area contributed by atoms with Crippen molar-refractivity contribution < 1.29 is 0 Å². The summed E-state index contributed by atoms with van der Waals surface area (Å²) >= 11 is 0. The summed E-state index contributed by atoms with van der Waals surface area (Å²) in [4.78, 5) is 6.52. The molecule has 0 amide bonds. The fourth-order valence-corrected chi connectivity index (χ4v) is 1.58. The second-order valence-electron chi connectivity index (χ2n) is 4.11. The van der Waals surface area contributed by atoms with Crippen LogP contribution in [0.5, 0.6) is 0 Å². The summed E-state index contributed by atoms with van der Waals surface area (Å²) in [5, 5.41) is 3.47. The van der Waals surface area contributed by atoms with Crippen LogP contribution < -0.4 is 5.32 Å². The molecule has 3 nitrogen and oxygen atoms in total. The second-order valence-corrected chi connectivity index (χ2v) is 4.11. The Bertz CT molecular complexity index is 279. The van der Waals surface area contributed by atoms with E-state index in [2.05, 4.69) is 48.4 Å². The molecule has 1 heterocycles. The Morgan fingerprint density at radius 2 is 2.13 bits per heavy atom. The van der Waals surface area contributed by atoms with Gasteiger partial charge in [-0.1, -0.05) is 13.0 Å². The first kappa shape index (κ1) is 12.1. The third kappa shape index (κ3) is 3.98. The van der Waals surface area contributed by atoms with Gasteiger partial charge in [0.15, 0.2) is 0 Å². The van der Waals surface area contributed by atoms with E-state index in [0.717, 1.165) is 18.8 Å². The highest BCUT2D eigenvalue weighted by atomic mass is 15.1. The lowest BCUT2D eigenvalue weighted by Crippen LogP contribution is -2.31. The fraction of sp³-hybridized carbons (Fsp3) is 0.583. The Labute approximate surface area is 92.5 Å². The van der Waals surface area contributed by atoms with Gasteiger partial charge in [-0.25, -0.2) is 0 Å². The van der Waals surface area contributed by atoms with Crippen molar-refractivity contribution in [2.24, 2.45) is 0 Å². The number of likely N-dealkylation sites (N-methyl/N-ethyl adjacent to an activating group) is 2. The van der Waals surface area contributed by atoms with Crippen LogP contribution in [0.3, 0.4) is 0 Å². The predicted molar refractivity (Wildman–Crippen MR) is 63.9 cm³/mol. The van der Waals surface area contributed by atoms with Crippen LogP contribution in [-0.2, 0) is 0 Å². The maximum Gasteiger partial charge on any atom is 0.0464 e. The molecule has 84 valence electrons. The maximum atomic E-state index is 4.33. The molecule has 0 aliphatic carbocycles. The Balaban J connectivity index is 2.74. The van der Waals surface area contributed by atoms with Crippen molar-refractivity contribution in [3.05, 3.63) is 29.6 Å². The molecule has 0 bridgehead atoms. The molecular formula is C12H21N3. The van der Waals surface area contributed by atoms with E-state index in [9.17, 15) is 0 Å². The van der Waals surface area contributed by atoms with Gasteiger partial charge in [-0.05, 0) is 39.2 Å². The topological polar surface area (TPSA) is 28.2 Å². The lowest BCUT2D eigenvalue weighted by atomic mass is 10.1. The number of hydrogen-bond donors (Lipinski definition) is 1. The third-order valence-electron chi connectivity index (χ3n) is 2.33. The van der Waals surface area contributed by atoms with Gasteiger partial charge in [0.25, 0.3) is 0 Å². The minimum Gasteiger partial charge on any atom is -0.309 e. The maximum absolute atomic E-state index is 4.33. The summed E-state index contributed by atoms with van der Waals surface area (Å²) in [6.07, 6.45) is 1.96. The average Bonchev–Trinajstić information content (AvgIpc) is 2.17. The van der Waals surface area contributed by atoms with Crippen LogP contribution in [0, 0.1) is 6.92 Å². The summed E-state index contributed by atoms with van der Waals surface area (Å²) in [7, 11) is 4.18. The molecule has 0 aromatic carbocycles. The number of aromatic nitrogens is 1. The quantitative estimate of drug-likeness (QED) is 0.795. The van der Waals surface area contributed by atoms with E-state index in [1.165, 1.54) is 5.56 Å². The Kier molecular flexibility index (Phi) is 4.72. The van der Waals surface area contributed by atoms with E-state index >= 15 is 0 Å². The van der Waals surface area contributed by atoms with E-state index < -0.39 is 0 Å². The Hall–Kier alpha value is -0.930. The van der Waals surface area contributed by atoms with Crippen LogP contribution in [-0.4, -0.2) is 37.1 Å². The average molecular weight is 207 g/mol. The van der Waals surface area contributed by atoms with E-state index in [-0.39, 0.29) is 0 Å². The van der Waals surface area contributed by atoms with Gasteiger partial charge in [-0.3, -0.25) is 4.98 Å². The van der Waals surface area contributed by atoms with Gasteiger partial charge >= 0.3 is 0 Å². The van der Waals surface area contributed by atoms with Gasteiger partial charge in [0, 0.05) is 24.5 Å². The molecule has 15 heavy (non-hydrogen) atoms. The minimum absolute atomic E-state index is 0.373. The van der Waals surface area contributed by atoms with Crippen molar-refractivity contribution in [2.75, 3.05) is 27.2 Å². The normalized spacial score (nSPS) is 13.1. The van der Waals surface area contributed by atoms with Crippen molar-refractivity contribution in [1.82, 2.24) is 15.2 Å². The van der Waals surface area contributed by atoms with Gasteiger partial charge in [0.05, 0.1) is 0 Å². The fourth-order valence-electron chi connectivity index (χ4n) is 1.58. The standard InChI is InChI=1S/C12H21N3/c1-5-13-12(9-15(3)4)11-7-6-10(2)14-8-11/h6-8,12-13H,5,9H2,1-4H3. The molecule has 0 aliphatic heterocycles. The van der Waals surface area contributed by atoms with Crippen LogP contribution in [0.25, 0.3) is 0 Å². The van der Waals surface area contributed by atoms with Crippen molar-refractivity contribution in [2.45, 2.75) is 19.9 Å². The molecule has 0 saturated heterocycles. The summed E-state index contributed by atoms with van der Waals surface area (Å²) in [6, 6.07) is 4.59. The number of nitrogens with zero attached hydrogens (tertiary/aromatic N) is 2. The molecule has 0 aliphatic rings. The zero-order chi connectivity index (χ0) is 11.3. The van der Waals surface area contributed by atoms with Gasteiger partial charge < -0.3 is 10.2 Å². The molecule has 1 aromatic rings. The number of hydrogen-bond acceptors (Lipinski definition) is 3. The van der Waals surface area contributed by atoms with Crippen molar-refractivity contribution >= 4 is 0 Å². The summed E-state index contributed by atoms with van der Waals surface area (Å²) in [6.45, 7) is 6.12. The second kappa shape index (κ2) is 5.83. The Morgan fingerprint density at radius 3 is 2.60 bits per heavy atom. The molecule has 3 heteroatoms. The van der Waals surface area contributed by atoms with Crippen LogP contribution in [0.2, 0.25) is 0 Å². The Morgan fingerprint density at radius 1 is 1.40 bits per heavy atom. The van der Waals surface area contributed by atoms with E-state index in [1.54, 1.807) is 0 Å². The van der Waals surface area contributed by atoms with Gasteiger partial charge in [-0.2, -0.15) is 0 Å². The van der Waals surface area contributed by atoms with Gasteiger partial charge in [0.1, 0.15) is 0 Å². The first-order chi connectivity index (χ1) is 7.13. The first-order valence-electron chi connectivity index (χ1n) is 5.44. The highest BCUT2D eigenvalue weighted by Gasteiger charge is 2.10. The molecule has 0 saturated carbocycles. The van der Waals surface area contributed by atoms with Crippen molar-refractivity contribution in [1.29, 1.82) is 0 Å². The zero-order valence-corrected chi connectivity index (χ0v) is 10.1. The molecule has 1 unspecified atom stereocenters. The molecule has 0 spiro atoms. The van der Waals surface area contributed by atoms with Crippen LogP contribution >= 0.6 is 0 Å². The molecule has 1 rings (SSSR count). The largest absolute Gasteiger partial charge is 0.309 e. The van der Waals surface area contributed by atoms with Crippen molar-refractivity contribution in [3.8, 4) is 0 Å². The zero-order valence-electron chi connectivity index (χ0n) is 10.1. The highest BCUT2D eigenvalue weighted by molar-refractivity contribution is 5.17. The van der Waals surface area contributed by atoms with Crippen molar-refractivity contribution in [3.63, 3.8) is 0 Å². The lowest BCUT2D eigenvalue weighted by molar-refractivity contribution is 0.344. The van der Waals surface area contributed by atoms with Crippen LogP contribution in [0.4, 0.5) is 0 Å². The van der Waals surface area contributed by atoms with Gasteiger partial charge in [0.2, 0.25) is 0 Å². The third-order valence-corrected chi connectivity index (χ3v) is 2.33. The monoisotopic (exact) mass is 207 g/mol. The van der Waals surface area contributed by atoms with E-state index in [4.69, 9.17) is 0 Å². The van der Waals surface area contributed by atoms with Gasteiger partial charge in [-0.15, -0.1) is 0 Å². The first-order valence-corrected chi connectivity index (χ1v) is 5.44. The number of rotatable bonds is 5. The minimum atomic E-state index is 0.373. The summed E-state index contributed by atoms with van der Waals surface area (Å²) in [5.74, 6) is 0. The van der Waals surface area contributed by atoms with E-state index in [0.29, 0.717) is 6.04 Å². The van der Waals surface area contributed by atoms with E-state index in [1.807, 2.05) is 13.1 Å². The molecule has 1 aromatic heterocycles. The molecule has 0 radical (unpaired) electrons. The molecular weight excluding hydrogens is 186 g/mol. The van der Waals surface area contributed by atoms with Crippen LogP contribution in [0.15, 0.2) is 18.3 Å². The lowest BCUT2D eigenvalue weighted by Gasteiger charge is -2.22. The summed E-state index contributed by atoms with van der Waals surface area (Å²) in [5.41, 5.74) is 2.33.